The van der Waals surface area contributed by atoms with Gasteiger partial charge in [0.25, 0.3) is 5.69 Å². The fraction of sp³-hybridized carbons (Fsp3) is 0. The van der Waals surface area contributed by atoms with Gasteiger partial charge >= 0.3 is 5.97 Å². The lowest BCUT2D eigenvalue weighted by Crippen LogP contribution is -2.05. The van der Waals surface area contributed by atoms with E-state index in [-0.39, 0.29) is 17.3 Å². The standard InChI is InChI=1S/C16H9BrN2O4/c17-13-4-2-1-3-11(13)9-14-16(20)23-15(18-14)10-5-7-12(8-6-10)19(21)22/h1-9H/b14-9-. The zero-order valence-electron chi connectivity index (χ0n) is 11.6. The molecular weight excluding hydrogens is 364 g/mol. The van der Waals surface area contributed by atoms with Gasteiger partial charge < -0.3 is 4.74 Å². The van der Waals surface area contributed by atoms with Crippen molar-refractivity contribution in [3.63, 3.8) is 0 Å². The third-order valence-electron chi connectivity index (χ3n) is 3.14. The molecule has 2 aromatic rings. The number of nitrogens with zero attached hydrogens (tertiary/aromatic N) is 2. The maximum absolute atomic E-state index is 11.9. The van der Waals surface area contributed by atoms with E-state index in [2.05, 4.69) is 20.9 Å². The van der Waals surface area contributed by atoms with E-state index in [9.17, 15) is 14.9 Å². The Kier molecular flexibility index (Phi) is 4.03. The van der Waals surface area contributed by atoms with Gasteiger partial charge in [-0.1, -0.05) is 34.1 Å². The van der Waals surface area contributed by atoms with E-state index in [1.807, 2.05) is 24.3 Å². The van der Waals surface area contributed by atoms with Gasteiger partial charge in [-0.25, -0.2) is 9.79 Å². The average Bonchev–Trinajstić information content (AvgIpc) is 2.91. The normalized spacial score (nSPS) is 15.4. The Bertz CT molecular complexity index is 857. The van der Waals surface area contributed by atoms with Crippen molar-refractivity contribution in [3.8, 4) is 0 Å². The summed E-state index contributed by atoms with van der Waals surface area (Å²) in [4.78, 5) is 26.2. The molecule has 6 nitrogen and oxygen atoms in total. The van der Waals surface area contributed by atoms with E-state index < -0.39 is 10.9 Å². The molecule has 1 aliphatic heterocycles. The predicted octanol–water partition coefficient (Wildman–Crippen LogP) is 3.70. The maximum Gasteiger partial charge on any atom is 0.363 e. The van der Waals surface area contributed by atoms with E-state index in [0.29, 0.717) is 5.56 Å². The van der Waals surface area contributed by atoms with E-state index in [4.69, 9.17) is 4.74 Å². The van der Waals surface area contributed by atoms with Crippen molar-refractivity contribution in [1.29, 1.82) is 0 Å². The SMILES string of the molecule is O=C1OC(c2ccc([N+](=O)[O-])cc2)=N/C1=C\c1ccccc1Br. The second kappa shape index (κ2) is 6.13. The first-order valence-corrected chi connectivity index (χ1v) is 7.36. The zero-order valence-corrected chi connectivity index (χ0v) is 13.2. The quantitative estimate of drug-likeness (QED) is 0.356. The number of cyclic esters (lactones) is 1. The van der Waals surface area contributed by atoms with Crippen LogP contribution in [0.1, 0.15) is 11.1 Å². The van der Waals surface area contributed by atoms with Gasteiger partial charge in [0.05, 0.1) is 4.92 Å². The summed E-state index contributed by atoms with van der Waals surface area (Å²) >= 11 is 3.40. The fourth-order valence-electron chi connectivity index (χ4n) is 2.00. The highest BCUT2D eigenvalue weighted by atomic mass is 79.9. The van der Waals surface area contributed by atoms with Crippen molar-refractivity contribution < 1.29 is 14.5 Å². The van der Waals surface area contributed by atoms with Crippen molar-refractivity contribution in [2.75, 3.05) is 0 Å². The number of carbonyl (C=O) groups excluding carboxylic acids is 1. The molecule has 0 aromatic heterocycles. The molecule has 0 spiro atoms. The minimum Gasteiger partial charge on any atom is -0.402 e. The Balaban J connectivity index is 1.92. The highest BCUT2D eigenvalue weighted by molar-refractivity contribution is 9.10. The summed E-state index contributed by atoms with van der Waals surface area (Å²) in [5.41, 5.74) is 1.43. The highest BCUT2D eigenvalue weighted by Crippen LogP contribution is 2.24. The number of non-ortho nitro benzene ring substituents is 1. The topological polar surface area (TPSA) is 81.8 Å². The fourth-order valence-corrected chi connectivity index (χ4v) is 2.40. The second-order valence-corrected chi connectivity index (χ2v) is 5.52. The number of nitro groups is 1. The predicted molar refractivity (Wildman–Crippen MR) is 87.8 cm³/mol. The van der Waals surface area contributed by atoms with Gasteiger partial charge in [-0.3, -0.25) is 10.1 Å². The van der Waals surface area contributed by atoms with Crippen molar-refractivity contribution in [1.82, 2.24) is 0 Å². The van der Waals surface area contributed by atoms with Crippen LogP contribution in [0.2, 0.25) is 0 Å². The molecule has 0 fully saturated rings. The number of halogens is 1. The Hall–Kier alpha value is -2.80. The van der Waals surface area contributed by atoms with Crippen LogP contribution in [0.15, 0.2) is 63.7 Å². The van der Waals surface area contributed by atoms with Gasteiger partial charge in [-0.05, 0) is 29.8 Å². The van der Waals surface area contributed by atoms with Crippen LogP contribution in [0.3, 0.4) is 0 Å². The van der Waals surface area contributed by atoms with Crippen molar-refractivity contribution in [2.24, 2.45) is 4.99 Å². The van der Waals surface area contributed by atoms with Crippen LogP contribution in [0.5, 0.6) is 0 Å². The molecule has 7 heteroatoms. The summed E-state index contributed by atoms with van der Waals surface area (Å²) < 4.78 is 5.96. The molecule has 0 atom stereocenters. The summed E-state index contributed by atoms with van der Waals surface area (Å²) in [6.45, 7) is 0. The molecule has 0 N–H and O–H groups in total. The smallest absolute Gasteiger partial charge is 0.363 e. The van der Waals surface area contributed by atoms with E-state index in [0.717, 1.165) is 10.0 Å². The molecule has 0 bridgehead atoms. The number of aliphatic imine (C=N–C) groups is 1. The molecule has 0 aliphatic carbocycles. The number of benzene rings is 2. The van der Waals surface area contributed by atoms with Crippen molar-refractivity contribution >= 4 is 39.6 Å². The molecule has 23 heavy (non-hydrogen) atoms. The third-order valence-corrected chi connectivity index (χ3v) is 3.87. The monoisotopic (exact) mass is 372 g/mol. The summed E-state index contributed by atoms with van der Waals surface area (Å²) in [5.74, 6) is -0.433. The third kappa shape index (κ3) is 3.19. The molecule has 0 saturated carbocycles. The first-order chi connectivity index (χ1) is 11.0. The number of esters is 1. The molecule has 0 amide bonds. The molecule has 0 radical (unpaired) electrons. The Labute approximate surface area is 139 Å². The number of hydrogen-bond donors (Lipinski definition) is 0. The van der Waals surface area contributed by atoms with Crippen molar-refractivity contribution in [3.05, 3.63) is 79.9 Å². The van der Waals surface area contributed by atoms with Crippen LogP contribution in [0, 0.1) is 10.1 Å². The van der Waals surface area contributed by atoms with Gasteiger partial charge in [-0.2, -0.15) is 0 Å². The van der Waals surface area contributed by atoms with Gasteiger partial charge in [0.1, 0.15) is 0 Å². The van der Waals surface area contributed by atoms with E-state index >= 15 is 0 Å². The van der Waals surface area contributed by atoms with Gasteiger partial charge in [0.15, 0.2) is 5.70 Å². The lowest BCUT2D eigenvalue weighted by atomic mass is 10.2. The summed E-state index contributed by atoms with van der Waals surface area (Å²) in [7, 11) is 0. The van der Waals surface area contributed by atoms with Crippen LogP contribution >= 0.6 is 15.9 Å². The Morgan fingerprint density at radius 1 is 1.13 bits per heavy atom. The largest absolute Gasteiger partial charge is 0.402 e. The maximum atomic E-state index is 11.9. The van der Waals surface area contributed by atoms with Gasteiger partial charge in [-0.15, -0.1) is 0 Å². The van der Waals surface area contributed by atoms with Gasteiger partial charge in [0.2, 0.25) is 5.90 Å². The molecule has 2 aromatic carbocycles. The number of hydrogen-bond acceptors (Lipinski definition) is 5. The van der Waals surface area contributed by atoms with E-state index in [1.54, 1.807) is 6.08 Å². The molecule has 114 valence electrons. The zero-order chi connectivity index (χ0) is 16.4. The highest BCUT2D eigenvalue weighted by Gasteiger charge is 2.24. The molecule has 1 aliphatic rings. The van der Waals surface area contributed by atoms with Crippen LogP contribution in [0.4, 0.5) is 5.69 Å². The second-order valence-electron chi connectivity index (χ2n) is 4.66. The molecular formula is C16H9BrN2O4. The van der Waals surface area contributed by atoms with E-state index in [1.165, 1.54) is 24.3 Å². The lowest BCUT2D eigenvalue weighted by molar-refractivity contribution is -0.384. The number of nitro benzene ring substituents is 1. The average molecular weight is 373 g/mol. The summed E-state index contributed by atoms with van der Waals surface area (Å²) in [6.07, 6.45) is 1.62. The molecule has 0 saturated heterocycles. The number of ether oxygens (including phenoxy) is 1. The van der Waals surface area contributed by atoms with Crippen LogP contribution in [-0.2, 0) is 9.53 Å². The minimum absolute atomic E-state index is 0.0392. The summed E-state index contributed by atoms with van der Waals surface area (Å²) in [6, 6.07) is 13.1. The summed E-state index contributed by atoms with van der Waals surface area (Å²) in [5, 5.41) is 10.6. The van der Waals surface area contributed by atoms with Crippen LogP contribution in [-0.4, -0.2) is 16.8 Å². The minimum atomic E-state index is -0.561. The Morgan fingerprint density at radius 3 is 2.48 bits per heavy atom. The molecule has 1 heterocycles. The first-order valence-electron chi connectivity index (χ1n) is 6.56. The first kappa shape index (κ1) is 15.1. The van der Waals surface area contributed by atoms with Crippen LogP contribution in [0.25, 0.3) is 6.08 Å². The van der Waals surface area contributed by atoms with Crippen LogP contribution < -0.4 is 0 Å². The number of carbonyl (C=O) groups is 1. The van der Waals surface area contributed by atoms with Crippen molar-refractivity contribution in [2.45, 2.75) is 0 Å². The Morgan fingerprint density at radius 2 is 1.83 bits per heavy atom. The molecule has 3 rings (SSSR count). The van der Waals surface area contributed by atoms with Gasteiger partial charge in [0, 0.05) is 22.2 Å². The lowest BCUT2D eigenvalue weighted by Gasteiger charge is -1.98. The number of rotatable bonds is 3. The molecule has 0 unspecified atom stereocenters.